The Hall–Kier alpha value is -0.990. The van der Waals surface area contributed by atoms with Gasteiger partial charge >= 0.3 is 19.8 Å². The summed E-state index contributed by atoms with van der Waals surface area (Å²) in [7, 11) is -4.38. The molecule has 0 heterocycles. The fourth-order valence-corrected chi connectivity index (χ4v) is 11.3. The van der Waals surface area contributed by atoms with E-state index in [1.54, 1.807) is 0 Å². The van der Waals surface area contributed by atoms with E-state index >= 15 is 0 Å². The Morgan fingerprint density at radius 1 is 0.347 bits per heavy atom. The van der Waals surface area contributed by atoms with Crippen molar-refractivity contribution in [3.8, 4) is 0 Å². The highest BCUT2D eigenvalue weighted by molar-refractivity contribution is 7.47. The second-order valence-electron chi connectivity index (χ2n) is 23.1. The lowest BCUT2D eigenvalue weighted by atomic mass is 10.0. The normalized spacial score (nSPS) is 12.9. The molecule has 0 amide bonds. The van der Waals surface area contributed by atoms with E-state index in [1.165, 1.54) is 308 Å². The van der Waals surface area contributed by atoms with Crippen LogP contribution in [0.3, 0.4) is 0 Å². The van der Waals surface area contributed by atoms with Crippen LogP contribution < -0.4 is 5.73 Å². The zero-order valence-electron chi connectivity index (χ0n) is 50.3. The number of rotatable bonds is 65. The summed E-state index contributed by atoms with van der Waals surface area (Å²) in [5.74, 6) is -0.798. The van der Waals surface area contributed by atoms with Crippen molar-refractivity contribution in [2.75, 3.05) is 26.4 Å². The van der Waals surface area contributed by atoms with Gasteiger partial charge < -0.3 is 20.1 Å². The zero-order valence-corrected chi connectivity index (χ0v) is 51.2. The summed E-state index contributed by atoms with van der Waals surface area (Å²) >= 11 is 0. The van der Waals surface area contributed by atoms with E-state index in [-0.39, 0.29) is 32.1 Å². The number of carbonyl (C=O) groups is 2. The number of carbonyl (C=O) groups excluding carboxylic acids is 2. The van der Waals surface area contributed by atoms with Gasteiger partial charge in [-0.3, -0.25) is 18.6 Å². The Morgan fingerprint density at radius 2 is 0.573 bits per heavy atom. The smallest absolute Gasteiger partial charge is 0.462 e. The topological polar surface area (TPSA) is 134 Å². The molecule has 0 aromatic heterocycles. The molecule has 3 N–H and O–H groups in total. The van der Waals surface area contributed by atoms with E-state index < -0.39 is 26.5 Å². The van der Waals surface area contributed by atoms with E-state index in [9.17, 15) is 19.0 Å². The summed E-state index contributed by atoms with van der Waals surface area (Å²) in [6.07, 6.45) is 71.9. The second kappa shape index (κ2) is 62.2. The van der Waals surface area contributed by atoms with Crippen LogP contribution >= 0.6 is 7.82 Å². The quantitative estimate of drug-likeness (QED) is 0.0347. The third-order valence-electron chi connectivity index (χ3n) is 15.5. The fraction of sp³-hybridized carbons (Fsp3) is 0.969. The Kier molecular flexibility index (Phi) is 61.4. The maximum atomic E-state index is 12.7. The van der Waals surface area contributed by atoms with Gasteiger partial charge in [-0.05, 0) is 12.8 Å². The molecule has 0 aromatic rings. The highest BCUT2D eigenvalue weighted by Gasteiger charge is 2.26. The maximum Gasteiger partial charge on any atom is 0.472 e. The molecular weight excluding hydrogens is 954 g/mol. The standard InChI is InChI=1S/C65H130NO8P/c1-3-5-7-9-11-13-15-17-19-21-23-25-27-29-31-32-34-36-38-40-42-44-46-48-50-52-54-56-58-65(68)74-63(62-73-75(69,70)72-60-59-66)61-71-64(67)57-55-53-51-49-47-45-43-41-39-37-35-33-30-28-26-24-22-20-18-16-14-12-10-8-6-4-2/h63H,3-62,66H2,1-2H3,(H,69,70). The molecular formula is C65H130NO8P. The molecule has 75 heavy (non-hydrogen) atoms. The van der Waals surface area contributed by atoms with Gasteiger partial charge in [0.1, 0.15) is 6.61 Å². The van der Waals surface area contributed by atoms with Gasteiger partial charge in [0.05, 0.1) is 13.2 Å². The summed E-state index contributed by atoms with van der Waals surface area (Å²) in [4.78, 5) is 35.3. The monoisotopic (exact) mass is 1080 g/mol. The van der Waals surface area contributed by atoms with Crippen LogP contribution in [0.15, 0.2) is 0 Å². The van der Waals surface area contributed by atoms with E-state index in [1.807, 2.05) is 0 Å². The number of phosphoric acid groups is 1. The van der Waals surface area contributed by atoms with Gasteiger partial charge in [0.25, 0.3) is 0 Å². The van der Waals surface area contributed by atoms with Crippen molar-refractivity contribution in [1.29, 1.82) is 0 Å². The molecule has 0 rings (SSSR count). The predicted molar refractivity (Wildman–Crippen MR) is 322 cm³/mol. The van der Waals surface area contributed by atoms with Gasteiger partial charge in [0.15, 0.2) is 6.10 Å². The Morgan fingerprint density at radius 3 is 0.813 bits per heavy atom. The third kappa shape index (κ3) is 62.1. The molecule has 10 heteroatoms. The van der Waals surface area contributed by atoms with Crippen LogP contribution in [-0.4, -0.2) is 49.3 Å². The number of unbranched alkanes of at least 4 members (excludes halogenated alkanes) is 52. The predicted octanol–water partition coefficient (Wildman–Crippen LogP) is 21.4. The highest BCUT2D eigenvalue weighted by Crippen LogP contribution is 2.43. The Bertz CT molecular complexity index is 1190. The molecule has 0 bridgehead atoms. The van der Waals surface area contributed by atoms with Gasteiger partial charge in [0.2, 0.25) is 0 Å². The van der Waals surface area contributed by atoms with Gasteiger partial charge in [-0.2, -0.15) is 0 Å². The molecule has 0 spiro atoms. The first-order chi connectivity index (χ1) is 36.8. The van der Waals surface area contributed by atoms with Crippen molar-refractivity contribution in [2.24, 2.45) is 5.73 Å². The number of hydrogen-bond acceptors (Lipinski definition) is 8. The summed E-state index contributed by atoms with van der Waals surface area (Å²) < 4.78 is 33.2. The number of hydrogen-bond donors (Lipinski definition) is 2. The molecule has 0 aromatic carbocycles. The fourth-order valence-electron chi connectivity index (χ4n) is 10.5. The molecule has 2 atom stereocenters. The molecule has 0 fully saturated rings. The zero-order chi connectivity index (χ0) is 54.5. The van der Waals surface area contributed by atoms with Crippen LogP contribution in [0.4, 0.5) is 0 Å². The number of nitrogens with two attached hydrogens (primary N) is 1. The number of esters is 2. The van der Waals surface area contributed by atoms with Crippen LogP contribution in [0.25, 0.3) is 0 Å². The van der Waals surface area contributed by atoms with Gasteiger partial charge in [0, 0.05) is 19.4 Å². The van der Waals surface area contributed by atoms with Crippen LogP contribution in [0, 0.1) is 0 Å². The SMILES string of the molecule is CCCCCCCCCCCCCCCCCCCCCCCCCCCCCCC(=O)OC(COC(=O)CCCCCCCCCCCCCCCCCCCCCCCCCCCC)COP(=O)(O)OCCN. The van der Waals surface area contributed by atoms with Crippen molar-refractivity contribution in [3.05, 3.63) is 0 Å². The first-order valence-corrected chi connectivity index (χ1v) is 35.0. The van der Waals surface area contributed by atoms with E-state index in [0.717, 1.165) is 32.1 Å². The Balaban J connectivity index is 3.82. The van der Waals surface area contributed by atoms with E-state index in [4.69, 9.17) is 24.3 Å². The average molecular weight is 1080 g/mol. The summed E-state index contributed by atoms with van der Waals surface area (Å²) in [6.45, 7) is 3.84. The molecule has 448 valence electrons. The molecule has 0 aliphatic carbocycles. The van der Waals surface area contributed by atoms with Gasteiger partial charge in [-0.1, -0.05) is 348 Å². The minimum absolute atomic E-state index is 0.0588. The molecule has 0 saturated carbocycles. The second-order valence-corrected chi connectivity index (χ2v) is 24.5. The van der Waals surface area contributed by atoms with Crippen molar-refractivity contribution >= 4 is 19.8 Å². The molecule has 9 nitrogen and oxygen atoms in total. The van der Waals surface area contributed by atoms with Gasteiger partial charge in [-0.25, -0.2) is 4.57 Å². The maximum absolute atomic E-state index is 12.7. The summed E-state index contributed by atoms with van der Waals surface area (Å²) in [5, 5.41) is 0. The minimum atomic E-state index is -4.38. The first-order valence-electron chi connectivity index (χ1n) is 33.5. The van der Waals surface area contributed by atoms with Crippen LogP contribution in [0.1, 0.15) is 373 Å². The van der Waals surface area contributed by atoms with Crippen LogP contribution in [-0.2, 0) is 32.7 Å². The molecule has 2 unspecified atom stereocenters. The number of phosphoric ester groups is 1. The molecule has 0 saturated heterocycles. The lowest BCUT2D eigenvalue weighted by molar-refractivity contribution is -0.161. The van der Waals surface area contributed by atoms with Gasteiger partial charge in [-0.15, -0.1) is 0 Å². The van der Waals surface area contributed by atoms with E-state index in [0.29, 0.717) is 12.8 Å². The Labute approximate surface area is 467 Å². The molecule has 0 aliphatic rings. The molecule has 0 radical (unpaired) electrons. The summed E-state index contributed by atoms with van der Waals surface area (Å²) in [6, 6.07) is 0. The van der Waals surface area contributed by atoms with Crippen molar-refractivity contribution < 1.29 is 37.6 Å². The average Bonchev–Trinajstić information content (AvgIpc) is 3.40. The third-order valence-corrected chi connectivity index (χ3v) is 16.5. The van der Waals surface area contributed by atoms with Crippen molar-refractivity contribution in [1.82, 2.24) is 0 Å². The lowest BCUT2D eigenvalue weighted by Crippen LogP contribution is -2.29. The highest BCUT2D eigenvalue weighted by atomic mass is 31.2. The summed E-state index contributed by atoms with van der Waals surface area (Å²) in [5.41, 5.74) is 5.40. The van der Waals surface area contributed by atoms with Crippen molar-refractivity contribution in [3.63, 3.8) is 0 Å². The van der Waals surface area contributed by atoms with Crippen LogP contribution in [0.5, 0.6) is 0 Å². The van der Waals surface area contributed by atoms with E-state index in [2.05, 4.69) is 13.8 Å². The van der Waals surface area contributed by atoms with Crippen molar-refractivity contribution in [2.45, 2.75) is 380 Å². The number of ether oxygens (including phenoxy) is 2. The van der Waals surface area contributed by atoms with Crippen LogP contribution in [0.2, 0.25) is 0 Å². The minimum Gasteiger partial charge on any atom is -0.462 e. The molecule has 0 aliphatic heterocycles. The largest absolute Gasteiger partial charge is 0.472 e. The lowest BCUT2D eigenvalue weighted by Gasteiger charge is -2.19. The first kappa shape index (κ1) is 74.0.